The molecule has 2 heterocycles. The Hall–Kier alpha value is -4.04. The predicted octanol–water partition coefficient (Wildman–Crippen LogP) is 2.77. The molecule has 0 radical (unpaired) electrons. The molecule has 32 heavy (non-hydrogen) atoms. The first-order valence-electron chi connectivity index (χ1n) is 10.1. The number of aromatic nitrogens is 2. The van der Waals surface area contributed by atoms with Crippen LogP contribution >= 0.6 is 0 Å². The van der Waals surface area contributed by atoms with Gasteiger partial charge >= 0.3 is 0 Å². The second-order valence-electron chi connectivity index (χ2n) is 7.30. The molecule has 1 aliphatic heterocycles. The number of rotatable bonds is 6. The summed E-state index contributed by atoms with van der Waals surface area (Å²) in [6, 6.07) is 15.6. The number of hydroxylamine groups is 1. The lowest BCUT2D eigenvalue weighted by Gasteiger charge is -2.28. The standard InChI is InChI=1S/C24H22N4O4/c29-23(9-6-17-4-2-1-3-5-17)28-11-10-18-12-21(8-7-19(18)15-28)32-16-22-25-13-20(14-26-22)24(30)27-31/h1-9,12-14,31H,10-11,15-16H2,(H,27,30)/b9-6+. The minimum atomic E-state index is -0.671. The van der Waals surface area contributed by atoms with Gasteiger partial charge in [-0.1, -0.05) is 36.4 Å². The second-order valence-corrected chi connectivity index (χ2v) is 7.30. The van der Waals surface area contributed by atoms with E-state index in [9.17, 15) is 9.59 Å². The molecule has 162 valence electrons. The molecule has 8 heteroatoms. The number of carbonyl (C=O) groups excluding carboxylic acids is 2. The number of amides is 2. The van der Waals surface area contributed by atoms with Crippen LogP contribution < -0.4 is 10.2 Å². The first-order chi connectivity index (χ1) is 15.6. The van der Waals surface area contributed by atoms with Crippen molar-refractivity contribution in [2.24, 2.45) is 0 Å². The molecule has 0 fully saturated rings. The summed E-state index contributed by atoms with van der Waals surface area (Å²) >= 11 is 0. The minimum absolute atomic E-state index is 0.00435. The van der Waals surface area contributed by atoms with Gasteiger partial charge in [-0.15, -0.1) is 0 Å². The summed E-state index contributed by atoms with van der Waals surface area (Å²) in [6.07, 6.45) is 6.84. The lowest BCUT2D eigenvalue weighted by molar-refractivity contribution is -0.126. The Morgan fingerprint density at radius 3 is 2.62 bits per heavy atom. The van der Waals surface area contributed by atoms with Crippen LogP contribution in [0.15, 0.2) is 67.0 Å². The third-order valence-electron chi connectivity index (χ3n) is 5.16. The van der Waals surface area contributed by atoms with Crippen LogP contribution in [-0.4, -0.2) is 38.4 Å². The summed E-state index contributed by atoms with van der Waals surface area (Å²) in [5.41, 5.74) is 4.93. The molecule has 4 rings (SSSR count). The average Bonchev–Trinajstić information content (AvgIpc) is 2.86. The van der Waals surface area contributed by atoms with Crippen molar-refractivity contribution in [1.82, 2.24) is 20.3 Å². The van der Waals surface area contributed by atoms with E-state index in [1.54, 1.807) is 6.08 Å². The van der Waals surface area contributed by atoms with Crippen molar-refractivity contribution in [2.75, 3.05) is 6.54 Å². The van der Waals surface area contributed by atoms with Gasteiger partial charge < -0.3 is 9.64 Å². The van der Waals surface area contributed by atoms with E-state index in [-0.39, 0.29) is 18.1 Å². The zero-order valence-electron chi connectivity index (χ0n) is 17.3. The summed E-state index contributed by atoms with van der Waals surface area (Å²) in [7, 11) is 0. The Balaban J connectivity index is 1.34. The molecular formula is C24H22N4O4. The van der Waals surface area contributed by atoms with Crippen molar-refractivity contribution in [3.8, 4) is 5.75 Å². The van der Waals surface area contributed by atoms with E-state index >= 15 is 0 Å². The Morgan fingerprint density at radius 1 is 1.09 bits per heavy atom. The molecule has 1 aliphatic rings. The van der Waals surface area contributed by atoms with Crippen LogP contribution in [0.2, 0.25) is 0 Å². The van der Waals surface area contributed by atoms with Crippen LogP contribution in [0, 0.1) is 0 Å². The van der Waals surface area contributed by atoms with Crippen molar-refractivity contribution in [1.29, 1.82) is 0 Å². The van der Waals surface area contributed by atoms with E-state index in [1.165, 1.54) is 17.9 Å². The summed E-state index contributed by atoms with van der Waals surface area (Å²) in [6.45, 7) is 1.35. The van der Waals surface area contributed by atoms with Crippen LogP contribution in [0.5, 0.6) is 5.75 Å². The number of fused-ring (bicyclic) bond motifs is 1. The number of nitrogens with zero attached hydrogens (tertiary/aromatic N) is 3. The third kappa shape index (κ3) is 5.16. The number of hydrogen-bond acceptors (Lipinski definition) is 6. The van der Waals surface area contributed by atoms with Gasteiger partial charge in [0.05, 0.1) is 5.56 Å². The topological polar surface area (TPSA) is 105 Å². The Labute approximate surface area is 185 Å². The highest BCUT2D eigenvalue weighted by atomic mass is 16.5. The zero-order chi connectivity index (χ0) is 22.3. The van der Waals surface area contributed by atoms with Gasteiger partial charge in [-0.2, -0.15) is 0 Å². The maximum absolute atomic E-state index is 12.6. The van der Waals surface area contributed by atoms with Gasteiger partial charge in [0, 0.05) is 31.6 Å². The smallest absolute Gasteiger partial charge is 0.277 e. The van der Waals surface area contributed by atoms with Gasteiger partial charge in [-0.05, 0) is 41.3 Å². The fourth-order valence-corrected chi connectivity index (χ4v) is 3.40. The van der Waals surface area contributed by atoms with Gasteiger partial charge in [0.2, 0.25) is 5.91 Å². The predicted molar refractivity (Wildman–Crippen MR) is 117 cm³/mol. The Morgan fingerprint density at radius 2 is 1.88 bits per heavy atom. The van der Waals surface area contributed by atoms with E-state index in [0.29, 0.717) is 24.7 Å². The Bertz CT molecular complexity index is 1130. The largest absolute Gasteiger partial charge is 0.486 e. The van der Waals surface area contributed by atoms with E-state index in [2.05, 4.69) is 9.97 Å². The van der Waals surface area contributed by atoms with Crippen LogP contribution in [0.4, 0.5) is 0 Å². The summed E-state index contributed by atoms with van der Waals surface area (Å²) in [4.78, 5) is 33.8. The van der Waals surface area contributed by atoms with Crippen molar-refractivity contribution in [2.45, 2.75) is 19.6 Å². The zero-order valence-corrected chi connectivity index (χ0v) is 17.3. The molecule has 0 aliphatic carbocycles. The van der Waals surface area contributed by atoms with Crippen LogP contribution in [0.25, 0.3) is 6.08 Å². The second kappa shape index (κ2) is 9.84. The molecule has 0 bridgehead atoms. The molecule has 0 saturated heterocycles. The number of benzene rings is 2. The molecule has 0 spiro atoms. The third-order valence-corrected chi connectivity index (χ3v) is 5.16. The lowest BCUT2D eigenvalue weighted by atomic mass is 9.99. The average molecular weight is 430 g/mol. The monoisotopic (exact) mass is 430 g/mol. The molecule has 2 aromatic carbocycles. The van der Waals surface area contributed by atoms with Crippen LogP contribution in [0.3, 0.4) is 0 Å². The normalized spacial score (nSPS) is 13.0. The quantitative estimate of drug-likeness (QED) is 0.354. The van der Waals surface area contributed by atoms with E-state index < -0.39 is 5.91 Å². The highest BCUT2D eigenvalue weighted by Crippen LogP contribution is 2.24. The highest BCUT2D eigenvalue weighted by Gasteiger charge is 2.19. The summed E-state index contributed by atoms with van der Waals surface area (Å²) in [5, 5.41) is 8.62. The maximum Gasteiger partial charge on any atom is 0.277 e. The first-order valence-corrected chi connectivity index (χ1v) is 10.1. The van der Waals surface area contributed by atoms with Gasteiger partial charge in [0.15, 0.2) is 5.82 Å². The van der Waals surface area contributed by atoms with E-state index in [0.717, 1.165) is 23.1 Å². The molecule has 1 aromatic heterocycles. The SMILES string of the molecule is O=C(NO)c1cnc(COc2ccc3c(c2)CCN(C(=O)/C=C/c2ccccc2)C3)nc1. The van der Waals surface area contributed by atoms with E-state index in [1.807, 2.05) is 59.5 Å². The highest BCUT2D eigenvalue weighted by molar-refractivity contribution is 5.92. The summed E-state index contributed by atoms with van der Waals surface area (Å²) < 4.78 is 5.78. The number of carbonyl (C=O) groups is 2. The van der Waals surface area contributed by atoms with Gasteiger partial charge in [0.1, 0.15) is 12.4 Å². The summed E-state index contributed by atoms with van der Waals surface area (Å²) in [5.74, 6) is 0.429. The van der Waals surface area contributed by atoms with Crippen molar-refractivity contribution in [3.63, 3.8) is 0 Å². The molecule has 0 saturated carbocycles. The van der Waals surface area contributed by atoms with E-state index in [4.69, 9.17) is 9.94 Å². The van der Waals surface area contributed by atoms with Gasteiger partial charge in [-0.3, -0.25) is 14.8 Å². The van der Waals surface area contributed by atoms with Crippen LogP contribution in [0.1, 0.15) is 32.9 Å². The van der Waals surface area contributed by atoms with Gasteiger partial charge in [0.25, 0.3) is 5.91 Å². The number of hydrogen-bond donors (Lipinski definition) is 2. The molecule has 2 N–H and O–H groups in total. The molecule has 0 atom stereocenters. The fraction of sp³-hybridized carbons (Fsp3) is 0.167. The molecule has 0 unspecified atom stereocenters. The molecular weight excluding hydrogens is 408 g/mol. The first kappa shape index (κ1) is 21.2. The molecule has 8 nitrogen and oxygen atoms in total. The van der Waals surface area contributed by atoms with Crippen molar-refractivity contribution >= 4 is 17.9 Å². The number of ether oxygens (including phenoxy) is 1. The fourth-order valence-electron chi connectivity index (χ4n) is 3.40. The Kier molecular flexibility index (Phi) is 6.52. The van der Waals surface area contributed by atoms with Crippen molar-refractivity contribution in [3.05, 3.63) is 95.1 Å². The maximum atomic E-state index is 12.6. The number of nitrogens with one attached hydrogen (secondary N) is 1. The van der Waals surface area contributed by atoms with Gasteiger partial charge in [-0.25, -0.2) is 15.4 Å². The minimum Gasteiger partial charge on any atom is -0.486 e. The lowest BCUT2D eigenvalue weighted by Crippen LogP contribution is -2.34. The van der Waals surface area contributed by atoms with Crippen LogP contribution in [-0.2, 0) is 24.4 Å². The molecule has 3 aromatic rings. The molecule has 2 amide bonds. The van der Waals surface area contributed by atoms with Crippen molar-refractivity contribution < 1.29 is 19.5 Å².